The highest BCUT2D eigenvalue weighted by atomic mass is 16.5. The summed E-state index contributed by atoms with van der Waals surface area (Å²) >= 11 is 0. The van der Waals surface area contributed by atoms with Crippen molar-refractivity contribution in [1.29, 1.82) is 0 Å². The van der Waals surface area contributed by atoms with Gasteiger partial charge in [0.2, 0.25) is 0 Å². The van der Waals surface area contributed by atoms with Gasteiger partial charge >= 0.3 is 5.97 Å². The molecule has 0 atom stereocenters. The molecule has 2 aromatic carbocycles. The molecule has 0 aliphatic carbocycles. The number of anilines is 1. The van der Waals surface area contributed by atoms with E-state index in [1.54, 1.807) is 12.1 Å². The van der Waals surface area contributed by atoms with E-state index in [2.05, 4.69) is 24.3 Å². The molecule has 1 N–H and O–H groups in total. The minimum Gasteiger partial charge on any atom is -0.469 e. The fourth-order valence-corrected chi connectivity index (χ4v) is 3.53. The van der Waals surface area contributed by atoms with E-state index in [0.29, 0.717) is 24.3 Å². The molecule has 0 saturated heterocycles. The molecule has 0 radical (unpaired) electrons. The first-order valence-electron chi connectivity index (χ1n) is 10.4. The van der Waals surface area contributed by atoms with Gasteiger partial charge < -0.3 is 10.1 Å². The van der Waals surface area contributed by atoms with Crippen molar-refractivity contribution in [1.82, 2.24) is 9.78 Å². The molecule has 6 heteroatoms. The van der Waals surface area contributed by atoms with E-state index in [1.807, 2.05) is 54.9 Å². The summed E-state index contributed by atoms with van der Waals surface area (Å²) in [5.74, 6) is 0.0596. The molecule has 6 nitrogen and oxygen atoms in total. The number of nitrogens with zero attached hydrogens (tertiary/aromatic N) is 2. The fraction of sp³-hybridized carbons (Fsp3) is 0.320. The maximum Gasteiger partial charge on any atom is 0.305 e. The minimum absolute atomic E-state index is 0.156. The number of carbonyl (C=O) groups is 2. The predicted octanol–water partition coefficient (Wildman–Crippen LogP) is 4.97. The van der Waals surface area contributed by atoms with Crippen LogP contribution in [-0.2, 0) is 16.0 Å². The van der Waals surface area contributed by atoms with Crippen molar-refractivity contribution in [2.75, 3.05) is 12.4 Å². The summed E-state index contributed by atoms with van der Waals surface area (Å²) in [6.07, 6.45) is 0.904. The largest absolute Gasteiger partial charge is 0.469 e. The number of rotatable bonds is 7. The molecular weight excluding hydrogens is 390 g/mol. The SMILES string of the molecule is COC(=O)CCc1c(C)nn(-c2ccc(C(=O)Nc3ccc(C(C)C)cc3)cc2)c1C. The van der Waals surface area contributed by atoms with Crippen molar-refractivity contribution in [3.05, 3.63) is 76.6 Å². The van der Waals surface area contributed by atoms with Crippen LogP contribution in [0.2, 0.25) is 0 Å². The van der Waals surface area contributed by atoms with Crippen molar-refractivity contribution in [2.45, 2.75) is 46.5 Å². The summed E-state index contributed by atoms with van der Waals surface area (Å²) in [4.78, 5) is 24.1. The molecule has 3 rings (SSSR count). The van der Waals surface area contributed by atoms with Crippen LogP contribution in [0, 0.1) is 13.8 Å². The average molecular weight is 420 g/mol. The highest BCUT2D eigenvalue weighted by Crippen LogP contribution is 2.21. The van der Waals surface area contributed by atoms with Gasteiger partial charge in [-0.05, 0) is 73.7 Å². The van der Waals surface area contributed by atoms with Crippen molar-refractivity contribution < 1.29 is 14.3 Å². The molecular formula is C25H29N3O3. The predicted molar refractivity (Wildman–Crippen MR) is 122 cm³/mol. The third kappa shape index (κ3) is 5.20. The molecule has 0 fully saturated rings. The van der Waals surface area contributed by atoms with Crippen LogP contribution < -0.4 is 5.32 Å². The summed E-state index contributed by atoms with van der Waals surface area (Å²) < 4.78 is 6.57. The lowest BCUT2D eigenvalue weighted by Crippen LogP contribution is -2.12. The zero-order chi connectivity index (χ0) is 22.5. The summed E-state index contributed by atoms with van der Waals surface area (Å²) in [5, 5.41) is 7.55. The average Bonchev–Trinajstić information content (AvgIpc) is 3.05. The van der Waals surface area contributed by atoms with E-state index in [0.717, 1.165) is 28.3 Å². The normalized spacial score (nSPS) is 10.9. The lowest BCUT2D eigenvalue weighted by Gasteiger charge is -2.10. The number of nitrogens with one attached hydrogen (secondary N) is 1. The Kier molecular flexibility index (Phi) is 6.90. The van der Waals surface area contributed by atoms with Gasteiger partial charge in [0.25, 0.3) is 5.91 Å². The Balaban J connectivity index is 1.72. The van der Waals surface area contributed by atoms with Crippen LogP contribution >= 0.6 is 0 Å². The third-order valence-corrected chi connectivity index (χ3v) is 5.46. The Labute approximate surface area is 183 Å². The topological polar surface area (TPSA) is 73.2 Å². The molecule has 0 spiro atoms. The lowest BCUT2D eigenvalue weighted by atomic mass is 10.0. The van der Waals surface area contributed by atoms with Gasteiger partial charge in [-0.15, -0.1) is 0 Å². The lowest BCUT2D eigenvalue weighted by molar-refractivity contribution is -0.140. The first kappa shape index (κ1) is 22.3. The quantitative estimate of drug-likeness (QED) is 0.549. The van der Waals surface area contributed by atoms with Crippen molar-refractivity contribution >= 4 is 17.6 Å². The Morgan fingerprint density at radius 3 is 2.26 bits per heavy atom. The van der Waals surface area contributed by atoms with Crippen molar-refractivity contribution in [3.63, 3.8) is 0 Å². The molecule has 0 unspecified atom stereocenters. The van der Waals surface area contributed by atoms with E-state index >= 15 is 0 Å². The molecule has 1 amide bonds. The number of methoxy groups -OCH3 is 1. The van der Waals surface area contributed by atoms with E-state index in [-0.39, 0.29) is 11.9 Å². The zero-order valence-corrected chi connectivity index (χ0v) is 18.7. The maximum absolute atomic E-state index is 12.6. The molecule has 1 heterocycles. The van der Waals surface area contributed by atoms with Gasteiger partial charge in [-0.2, -0.15) is 5.10 Å². The van der Waals surface area contributed by atoms with Crippen molar-refractivity contribution in [3.8, 4) is 5.69 Å². The fourth-order valence-electron chi connectivity index (χ4n) is 3.53. The van der Waals surface area contributed by atoms with Crippen molar-refractivity contribution in [2.24, 2.45) is 0 Å². The van der Waals surface area contributed by atoms with Gasteiger partial charge in [0.1, 0.15) is 0 Å². The molecule has 162 valence electrons. The Bertz CT molecular complexity index is 1060. The molecule has 0 aliphatic rings. The molecule has 0 saturated carbocycles. The van der Waals surface area contributed by atoms with Crippen LogP contribution in [-0.4, -0.2) is 28.8 Å². The van der Waals surface area contributed by atoms with Crippen LogP contribution in [0.1, 0.15) is 59.1 Å². The minimum atomic E-state index is -0.235. The molecule has 31 heavy (non-hydrogen) atoms. The van der Waals surface area contributed by atoms with E-state index < -0.39 is 0 Å². The number of benzene rings is 2. The van der Waals surface area contributed by atoms with E-state index in [4.69, 9.17) is 4.74 Å². The Morgan fingerprint density at radius 1 is 1.03 bits per heavy atom. The first-order chi connectivity index (χ1) is 14.8. The second-order valence-corrected chi connectivity index (χ2v) is 7.92. The number of carbonyl (C=O) groups excluding carboxylic acids is 2. The Morgan fingerprint density at radius 2 is 1.68 bits per heavy atom. The van der Waals surface area contributed by atoms with Gasteiger partial charge in [0, 0.05) is 23.4 Å². The maximum atomic E-state index is 12.6. The van der Waals surface area contributed by atoms with Crippen LogP contribution in [0.15, 0.2) is 48.5 Å². The summed E-state index contributed by atoms with van der Waals surface area (Å²) in [6.45, 7) is 8.19. The van der Waals surface area contributed by atoms with Crippen LogP contribution in [0.4, 0.5) is 5.69 Å². The van der Waals surface area contributed by atoms with Gasteiger partial charge in [0.05, 0.1) is 18.5 Å². The number of ether oxygens (including phenoxy) is 1. The number of amides is 1. The standard InChI is InChI=1S/C25H29N3O3/c1-16(2)19-6-10-21(11-7-19)26-25(30)20-8-12-22(13-9-20)28-18(4)23(17(3)27-28)14-15-24(29)31-5/h6-13,16H,14-15H2,1-5H3,(H,26,30). The zero-order valence-electron chi connectivity index (χ0n) is 18.7. The van der Waals surface area contributed by atoms with Gasteiger partial charge in [-0.25, -0.2) is 4.68 Å². The number of esters is 1. The highest BCUT2D eigenvalue weighted by molar-refractivity contribution is 6.04. The number of aromatic nitrogens is 2. The summed E-state index contributed by atoms with van der Waals surface area (Å²) in [5.41, 5.74) is 6.34. The number of hydrogen-bond donors (Lipinski definition) is 1. The summed E-state index contributed by atoms with van der Waals surface area (Å²) in [6, 6.07) is 15.2. The Hall–Kier alpha value is -3.41. The summed E-state index contributed by atoms with van der Waals surface area (Å²) in [7, 11) is 1.39. The molecule has 0 bridgehead atoms. The molecule has 0 aliphatic heterocycles. The van der Waals surface area contributed by atoms with Gasteiger partial charge in [0.15, 0.2) is 0 Å². The van der Waals surface area contributed by atoms with E-state index in [9.17, 15) is 9.59 Å². The second kappa shape index (κ2) is 9.60. The van der Waals surface area contributed by atoms with Gasteiger partial charge in [-0.1, -0.05) is 26.0 Å². The van der Waals surface area contributed by atoms with Crippen LogP contribution in [0.25, 0.3) is 5.69 Å². The highest BCUT2D eigenvalue weighted by Gasteiger charge is 2.15. The first-order valence-corrected chi connectivity index (χ1v) is 10.4. The second-order valence-electron chi connectivity index (χ2n) is 7.92. The number of aryl methyl sites for hydroxylation is 1. The van der Waals surface area contributed by atoms with Crippen LogP contribution in [0.3, 0.4) is 0 Å². The van der Waals surface area contributed by atoms with Gasteiger partial charge in [-0.3, -0.25) is 9.59 Å². The molecule has 3 aromatic rings. The van der Waals surface area contributed by atoms with Crippen LogP contribution in [0.5, 0.6) is 0 Å². The smallest absolute Gasteiger partial charge is 0.305 e. The number of hydrogen-bond acceptors (Lipinski definition) is 4. The van der Waals surface area contributed by atoms with E-state index in [1.165, 1.54) is 12.7 Å². The molecule has 1 aromatic heterocycles. The monoisotopic (exact) mass is 419 g/mol. The third-order valence-electron chi connectivity index (χ3n) is 5.46.